The first-order valence-electron chi connectivity index (χ1n) is 10.3. The Bertz CT molecular complexity index is 267. The Morgan fingerprint density at radius 1 is 0.560 bits per heavy atom. The highest BCUT2D eigenvalue weighted by atomic mass is 127. The molecular formula is C19H46IN4P. The van der Waals surface area contributed by atoms with Crippen molar-refractivity contribution in [2.24, 2.45) is 0 Å². The molecule has 0 saturated carbocycles. The molecule has 0 fully saturated rings. The molecule has 154 valence electrons. The maximum absolute atomic E-state index is 2.74. The second-order valence-corrected chi connectivity index (χ2v) is 10.6. The largest absolute Gasteiger partial charge is 1.00 e. The fraction of sp³-hybridized carbons (Fsp3) is 1.00. The summed E-state index contributed by atoms with van der Waals surface area (Å²) in [5.74, 6) is 0. The summed E-state index contributed by atoms with van der Waals surface area (Å²) in [5.41, 5.74) is 0. The van der Waals surface area contributed by atoms with Crippen LogP contribution in [0, 0.1) is 0 Å². The summed E-state index contributed by atoms with van der Waals surface area (Å²) >= 11 is 0. The Balaban J connectivity index is 0. The van der Waals surface area contributed by atoms with Crippen LogP contribution in [0.4, 0.5) is 0 Å². The van der Waals surface area contributed by atoms with Gasteiger partial charge in [0, 0.05) is 53.9 Å². The lowest BCUT2D eigenvalue weighted by atomic mass is 10.3. The van der Waals surface area contributed by atoms with Gasteiger partial charge in [0.2, 0.25) is 0 Å². The topological polar surface area (TPSA) is 13.0 Å². The number of halogens is 1. The maximum Gasteiger partial charge on any atom is 0.307 e. The van der Waals surface area contributed by atoms with E-state index < -0.39 is 7.87 Å². The molecule has 0 radical (unpaired) electrons. The first kappa shape index (κ1) is 28.2. The first-order valence-corrected chi connectivity index (χ1v) is 11.9. The molecule has 0 N–H and O–H groups in total. The van der Waals surface area contributed by atoms with Crippen LogP contribution in [-0.2, 0) is 0 Å². The van der Waals surface area contributed by atoms with Gasteiger partial charge in [-0.25, -0.2) is 0 Å². The second kappa shape index (κ2) is 16.0. The fourth-order valence-corrected chi connectivity index (χ4v) is 8.44. The van der Waals surface area contributed by atoms with E-state index in [1.54, 1.807) is 0 Å². The summed E-state index contributed by atoms with van der Waals surface area (Å²) in [6.45, 7) is 17.4. The monoisotopic (exact) mass is 488 g/mol. The molecule has 0 saturated heterocycles. The minimum Gasteiger partial charge on any atom is -1.00 e. The van der Waals surface area contributed by atoms with Gasteiger partial charge < -0.3 is 24.0 Å². The van der Waals surface area contributed by atoms with Crippen molar-refractivity contribution in [3.8, 4) is 0 Å². The summed E-state index contributed by atoms with van der Waals surface area (Å²) in [4.78, 5) is 0. The van der Waals surface area contributed by atoms with Crippen molar-refractivity contribution in [3.63, 3.8) is 0 Å². The van der Waals surface area contributed by atoms with Crippen LogP contribution < -0.4 is 24.0 Å². The van der Waals surface area contributed by atoms with Gasteiger partial charge in [-0.15, -0.1) is 18.7 Å². The Kier molecular flexibility index (Phi) is 18.1. The minimum atomic E-state index is -1.64. The second-order valence-electron chi connectivity index (χ2n) is 6.88. The normalized spacial score (nSPS) is 12.5. The van der Waals surface area contributed by atoms with E-state index in [-0.39, 0.29) is 24.0 Å². The highest BCUT2D eigenvalue weighted by molar-refractivity contribution is 7.66. The molecule has 0 aromatic carbocycles. The Morgan fingerprint density at radius 2 is 0.840 bits per heavy atom. The van der Waals surface area contributed by atoms with Crippen LogP contribution in [-0.4, -0.2) is 72.5 Å². The maximum atomic E-state index is 2.74. The van der Waals surface area contributed by atoms with Crippen molar-refractivity contribution in [2.45, 2.75) is 73.1 Å². The average molecular weight is 488 g/mol. The van der Waals surface area contributed by atoms with E-state index in [0.29, 0.717) is 0 Å². The smallest absolute Gasteiger partial charge is 0.307 e. The molecule has 0 aliphatic rings. The van der Waals surface area contributed by atoms with Crippen LogP contribution in [0.1, 0.15) is 73.1 Å². The average Bonchev–Trinajstić information content (AvgIpc) is 2.59. The summed E-state index contributed by atoms with van der Waals surface area (Å²) in [7, 11) is 5.47. The van der Waals surface area contributed by atoms with E-state index in [1.165, 1.54) is 58.2 Å². The zero-order chi connectivity index (χ0) is 18.6. The van der Waals surface area contributed by atoms with Gasteiger partial charge >= 0.3 is 7.87 Å². The highest BCUT2D eigenvalue weighted by Gasteiger charge is 2.56. The molecule has 0 rings (SSSR count). The summed E-state index contributed by atoms with van der Waals surface area (Å²) in [5, 5.41) is 0. The number of nitrogens with zero attached hydrogens (tertiary/aromatic N) is 4. The lowest BCUT2D eigenvalue weighted by molar-refractivity contribution is -0.00000587. The van der Waals surface area contributed by atoms with Crippen LogP contribution >= 0.6 is 7.87 Å². The van der Waals surface area contributed by atoms with Crippen LogP contribution in [0.3, 0.4) is 0 Å². The minimum absolute atomic E-state index is 0. The van der Waals surface area contributed by atoms with Gasteiger partial charge in [-0.05, 0) is 33.1 Å². The quantitative estimate of drug-likeness (QED) is 0.259. The lowest BCUT2D eigenvalue weighted by Crippen LogP contribution is -3.00. The summed E-state index contributed by atoms with van der Waals surface area (Å²) in [6.07, 6.45) is 7.63. The van der Waals surface area contributed by atoms with Gasteiger partial charge in [-0.3, -0.25) is 0 Å². The van der Waals surface area contributed by atoms with Gasteiger partial charge in [0.05, 0.1) is 0 Å². The summed E-state index contributed by atoms with van der Waals surface area (Å²) < 4.78 is 10.9. The molecule has 0 aromatic heterocycles. The number of rotatable bonds is 15. The molecule has 0 spiro atoms. The lowest BCUT2D eigenvalue weighted by Gasteiger charge is -2.48. The van der Waals surface area contributed by atoms with Crippen LogP contribution in [0.15, 0.2) is 0 Å². The van der Waals surface area contributed by atoms with Crippen molar-refractivity contribution in [1.82, 2.24) is 18.7 Å². The molecule has 25 heavy (non-hydrogen) atoms. The number of hydrogen-bond acceptors (Lipinski definition) is 4. The van der Waals surface area contributed by atoms with Crippen LogP contribution in [0.25, 0.3) is 0 Å². The van der Waals surface area contributed by atoms with Crippen molar-refractivity contribution < 1.29 is 24.0 Å². The SMILES string of the molecule is CCCCN(C)[P+](N(C)CCCC)(N(C)CCCC)N(CC)CC.[I-]. The van der Waals surface area contributed by atoms with E-state index in [1.807, 2.05) is 0 Å². The van der Waals surface area contributed by atoms with Crippen LogP contribution in [0.2, 0.25) is 0 Å². The third-order valence-electron chi connectivity index (χ3n) is 4.99. The first-order chi connectivity index (χ1) is 11.5. The van der Waals surface area contributed by atoms with Gasteiger partial charge in [0.15, 0.2) is 0 Å². The van der Waals surface area contributed by atoms with E-state index >= 15 is 0 Å². The standard InChI is InChI=1S/C19H46N4P.HI/c1-9-14-17-20(6)24(23(12-4)13-5,21(7)18-15-10-2)22(8)19-16-11-3;/h9-19H2,1-8H3;1H/q+1;/p-1. The Morgan fingerprint density at radius 3 is 1.04 bits per heavy atom. The predicted molar refractivity (Wildman–Crippen MR) is 112 cm³/mol. The number of hydrogen-bond donors (Lipinski definition) is 0. The van der Waals surface area contributed by atoms with Crippen molar-refractivity contribution >= 4 is 7.87 Å². The Hall–Kier alpha value is 1.00. The predicted octanol–water partition coefficient (Wildman–Crippen LogP) is 2.21. The fourth-order valence-electron chi connectivity index (χ4n) is 3.60. The van der Waals surface area contributed by atoms with E-state index in [2.05, 4.69) is 74.4 Å². The molecule has 6 heteroatoms. The zero-order valence-corrected chi connectivity index (χ0v) is 21.4. The molecular weight excluding hydrogens is 442 g/mol. The molecule has 0 bridgehead atoms. The van der Waals surface area contributed by atoms with E-state index in [0.717, 1.165) is 13.1 Å². The van der Waals surface area contributed by atoms with Gasteiger partial charge in [0.25, 0.3) is 0 Å². The third kappa shape index (κ3) is 7.87. The number of unbranched alkanes of at least 4 members (excludes halogenated alkanes) is 3. The van der Waals surface area contributed by atoms with Gasteiger partial charge in [0.1, 0.15) is 0 Å². The molecule has 0 atom stereocenters. The molecule has 0 aliphatic carbocycles. The molecule has 0 unspecified atom stereocenters. The zero-order valence-electron chi connectivity index (χ0n) is 18.4. The molecule has 0 heterocycles. The molecule has 0 amide bonds. The van der Waals surface area contributed by atoms with Crippen molar-refractivity contribution in [2.75, 3.05) is 53.9 Å². The van der Waals surface area contributed by atoms with Crippen LogP contribution in [0.5, 0.6) is 0 Å². The third-order valence-corrected chi connectivity index (χ3v) is 9.66. The van der Waals surface area contributed by atoms with E-state index in [9.17, 15) is 0 Å². The summed E-state index contributed by atoms with van der Waals surface area (Å²) in [6, 6.07) is 0. The molecule has 4 nitrogen and oxygen atoms in total. The van der Waals surface area contributed by atoms with E-state index in [4.69, 9.17) is 0 Å². The molecule has 0 aromatic rings. The van der Waals surface area contributed by atoms with Crippen molar-refractivity contribution in [3.05, 3.63) is 0 Å². The molecule has 0 aliphatic heterocycles. The van der Waals surface area contributed by atoms with Crippen molar-refractivity contribution in [1.29, 1.82) is 0 Å². The van der Waals surface area contributed by atoms with Gasteiger partial charge in [-0.1, -0.05) is 40.0 Å². The Labute approximate surface area is 177 Å². The van der Waals surface area contributed by atoms with Gasteiger partial charge in [-0.2, -0.15) is 0 Å². The highest BCUT2D eigenvalue weighted by Crippen LogP contribution is 2.68.